The average Bonchev–Trinajstić information content (AvgIpc) is 2.27. The van der Waals surface area contributed by atoms with E-state index in [2.05, 4.69) is 15.6 Å². The van der Waals surface area contributed by atoms with Crippen LogP contribution in [0.1, 0.15) is 10.5 Å². The highest BCUT2D eigenvalue weighted by molar-refractivity contribution is 6.03. The van der Waals surface area contributed by atoms with Gasteiger partial charge >= 0.3 is 0 Å². The summed E-state index contributed by atoms with van der Waals surface area (Å²) in [7, 11) is 0. The average molecular weight is 188 g/mol. The van der Waals surface area contributed by atoms with Crippen LogP contribution in [0.2, 0.25) is 0 Å². The van der Waals surface area contributed by atoms with Gasteiger partial charge in [0.15, 0.2) is 6.29 Å². The Morgan fingerprint density at radius 1 is 1.43 bits per heavy atom. The van der Waals surface area contributed by atoms with E-state index in [0.717, 1.165) is 5.39 Å². The molecule has 1 aromatic carbocycles. The number of aromatic nitrogens is 2. The van der Waals surface area contributed by atoms with Crippen LogP contribution in [0.4, 0.5) is 5.69 Å². The van der Waals surface area contributed by atoms with Crippen LogP contribution in [0.15, 0.2) is 24.4 Å². The smallest absolute Gasteiger partial charge is 0.171 e. The molecule has 1 heterocycles. The molecule has 0 aliphatic rings. The van der Waals surface area contributed by atoms with Crippen molar-refractivity contribution in [3.05, 3.63) is 30.1 Å². The van der Waals surface area contributed by atoms with Gasteiger partial charge < -0.3 is 5.43 Å². The third kappa shape index (κ3) is 1.20. The van der Waals surface area contributed by atoms with Gasteiger partial charge in [-0.25, -0.2) is 0 Å². The van der Waals surface area contributed by atoms with Crippen LogP contribution in [0, 0.1) is 0 Å². The molecule has 0 amide bonds. The maximum atomic E-state index is 10.7. The molecule has 14 heavy (non-hydrogen) atoms. The number of nitrogen functional groups attached to an aromatic ring is 1. The van der Waals surface area contributed by atoms with Crippen molar-refractivity contribution in [2.75, 3.05) is 5.43 Å². The first-order valence-corrected chi connectivity index (χ1v) is 4.03. The quantitative estimate of drug-likeness (QED) is 0.412. The largest absolute Gasteiger partial charge is 0.323 e. The summed E-state index contributed by atoms with van der Waals surface area (Å²) < 4.78 is 0. The number of carbonyl (C=O) groups is 1. The molecule has 1 aromatic heterocycles. The lowest BCUT2D eigenvalue weighted by molar-refractivity contribution is 0.112. The van der Waals surface area contributed by atoms with E-state index in [0.29, 0.717) is 17.4 Å². The summed E-state index contributed by atoms with van der Waals surface area (Å²) in [5, 5.41) is 8.96. The topological polar surface area (TPSA) is 80.9 Å². The molecule has 0 spiro atoms. The number of aldehydes is 1. The van der Waals surface area contributed by atoms with Gasteiger partial charge in [0.25, 0.3) is 0 Å². The number of nitrogens with two attached hydrogens (primary N) is 1. The van der Waals surface area contributed by atoms with Gasteiger partial charge in [0.05, 0.1) is 11.9 Å². The first kappa shape index (κ1) is 8.58. The van der Waals surface area contributed by atoms with Gasteiger partial charge in [0, 0.05) is 10.8 Å². The molecule has 0 bridgehead atoms. The number of benzene rings is 1. The molecule has 5 heteroatoms. The highest BCUT2D eigenvalue weighted by Crippen LogP contribution is 2.23. The van der Waals surface area contributed by atoms with E-state index < -0.39 is 0 Å². The predicted molar refractivity (Wildman–Crippen MR) is 52.7 cm³/mol. The van der Waals surface area contributed by atoms with Crippen molar-refractivity contribution in [2.24, 2.45) is 5.84 Å². The van der Waals surface area contributed by atoms with Crippen molar-refractivity contribution in [3.63, 3.8) is 0 Å². The molecule has 5 nitrogen and oxygen atoms in total. The van der Waals surface area contributed by atoms with Gasteiger partial charge in [-0.2, -0.15) is 5.10 Å². The first-order chi connectivity index (χ1) is 6.86. The Hall–Kier alpha value is -2.01. The number of hydrogen-bond donors (Lipinski definition) is 2. The Morgan fingerprint density at radius 2 is 2.29 bits per heavy atom. The minimum absolute atomic E-state index is 0.288. The fraction of sp³-hybridized carbons (Fsp3) is 0. The van der Waals surface area contributed by atoms with Gasteiger partial charge in [-0.3, -0.25) is 10.6 Å². The van der Waals surface area contributed by atoms with Crippen LogP contribution in [0.3, 0.4) is 0 Å². The van der Waals surface area contributed by atoms with Crippen LogP contribution >= 0.6 is 0 Å². The molecule has 0 aliphatic carbocycles. The third-order valence-electron chi connectivity index (χ3n) is 1.98. The van der Waals surface area contributed by atoms with Crippen LogP contribution in [-0.2, 0) is 0 Å². The minimum Gasteiger partial charge on any atom is -0.323 e. The minimum atomic E-state index is 0.288. The number of hydrogen-bond acceptors (Lipinski definition) is 5. The second-order valence-electron chi connectivity index (χ2n) is 2.76. The highest BCUT2D eigenvalue weighted by Gasteiger charge is 2.06. The molecule has 2 rings (SSSR count). The summed E-state index contributed by atoms with van der Waals surface area (Å²) in [6.45, 7) is 0. The number of carbonyl (C=O) groups excluding carboxylic acids is 1. The number of rotatable bonds is 2. The Labute approximate surface area is 79.9 Å². The lowest BCUT2D eigenvalue weighted by Gasteiger charge is -2.05. The molecule has 0 unspecified atom stereocenters. The lowest BCUT2D eigenvalue weighted by atomic mass is 10.1. The van der Waals surface area contributed by atoms with Crippen LogP contribution in [0.5, 0.6) is 0 Å². The highest BCUT2D eigenvalue weighted by atomic mass is 16.1. The van der Waals surface area contributed by atoms with E-state index >= 15 is 0 Å². The molecular weight excluding hydrogens is 180 g/mol. The van der Waals surface area contributed by atoms with Crippen LogP contribution < -0.4 is 11.3 Å². The van der Waals surface area contributed by atoms with Crippen molar-refractivity contribution in [1.29, 1.82) is 0 Å². The fourth-order valence-electron chi connectivity index (χ4n) is 1.37. The number of nitrogens with one attached hydrogen (secondary N) is 1. The molecule has 3 N–H and O–H groups in total. The molecule has 2 aromatic rings. The third-order valence-corrected chi connectivity index (χ3v) is 1.98. The van der Waals surface area contributed by atoms with E-state index in [1.165, 1.54) is 0 Å². The van der Waals surface area contributed by atoms with E-state index in [1.54, 1.807) is 12.3 Å². The molecular formula is C9H8N4O. The van der Waals surface area contributed by atoms with Gasteiger partial charge in [0.2, 0.25) is 0 Å². The number of fused-ring (bicyclic) bond motifs is 1. The fourth-order valence-corrected chi connectivity index (χ4v) is 1.37. The van der Waals surface area contributed by atoms with Crippen molar-refractivity contribution >= 4 is 22.7 Å². The molecule has 0 radical (unpaired) electrons. The number of nitrogens with zero attached hydrogens (tertiary/aromatic N) is 2. The number of anilines is 1. The normalized spacial score (nSPS) is 10.1. The van der Waals surface area contributed by atoms with E-state index in [1.807, 2.05) is 12.1 Å². The Bertz CT molecular complexity index is 478. The number of hydrazine groups is 1. The molecule has 0 saturated carbocycles. The molecule has 0 aliphatic heterocycles. The molecule has 0 fully saturated rings. The van der Waals surface area contributed by atoms with Crippen molar-refractivity contribution in [2.45, 2.75) is 0 Å². The summed E-state index contributed by atoms with van der Waals surface area (Å²) in [5.74, 6) is 5.33. The zero-order valence-corrected chi connectivity index (χ0v) is 7.27. The van der Waals surface area contributed by atoms with E-state index in [-0.39, 0.29) is 5.69 Å². The summed E-state index contributed by atoms with van der Waals surface area (Å²) in [6.07, 6.45) is 2.25. The zero-order chi connectivity index (χ0) is 9.97. The Morgan fingerprint density at radius 3 is 3.00 bits per heavy atom. The predicted octanol–water partition coefficient (Wildman–Crippen LogP) is 0.728. The standard InChI is InChI=1S/C9H8N4O/c10-12-7-3-1-2-6-4-11-13-8(5-14)9(6)7/h1-5,12H,10H2. The second kappa shape index (κ2) is 3.39. The molecule has 0 atom stereocenters. The SMILES string of the molecule is NNc1cccc2cnnc(C=O)c12. The maximum absolute atomic E-state index is 10.7. The summed E-state index contributed by atoms with van der Waals surface area (Å²) in [6, 6.07) is 5.45. The zero-order valence-electron chi connectivity index (χ0n) is 7.27. The lowest BCUT2D eigenvalue weighted by Crippen LogP contribution is -2.08. The van der Waals surface area contributed by atoms with Gasteiger partial charge in [-0.05, 0) is 6.07 Å². The Balaban J connectivity index is 2.88. The molecule has 0 saturated heterocycles. The Kier molecular flexibility index (Phi) is 2.08. The van der Waals surface area contributed by atoms with E-state index in [4.69, 9.17) is 5.84 Å². The summed E-state index contributed by atoms with van der Waals surface area (Å²) in [4.78, 5) is 10.7. The van der Waals surface area contributed by atoms with Crippen LogP contribution in [0.25, 0.3) is 10.8 Å². The first-order valence-electron chi connectivity index (χ1n) is 4.03. The maximum Gasteiger partial charge on any atom is 0.171 e. The monoisotopic (exact) mass is 188 g/mol. The van der Waals surface area contributed by atoms with E-state index in [9.17, 15) is 4.79 Å². The summed E-state index contributed by atoms with van der Waals surface area (Å²) in [5.41, 5.74) is 3.47. The van der Waals surface area contributed by atoms with Gasteiger partial charge in [-0.15, -0.1) is 5.10 Å². The van der Waals surface area contributed by atoms with Crippen molar-refractivity contribution in [3.8, 4) is 0 Å². The van der Waals surface area contributed by atoms with Gasteiger partial charge in [-0.1, -0.05) is 12.1 Å². The van der Waals surface area contributed by atoms with Crippen molar-refractivity contribution < 1.29 is 4.79 Å². The van der Waals surface area contributed by atoms with Gasteiger partial charge in [0.1, 0.15) is 5.69 Å². The molecule has 70 valence electrons. The van der Waals surface area contributed by atoms with Crippen LogP contribution in [-0.4, -0.2) is 16.5 Å². The van der Waals surface area contributed by atoms with Crippen molar-refractivity contribution in [1.82, 2.24) is 10.2 Å². The second-order valence-corrected chi connectivity index (χ2v) is 2.76. The summed E-state index contributed by atoms with van der Waals surface area (Å²) >= 11 is 0.